The Hall–Kier alpha value is -0.950. The lowest BCUT2D eigenvalue weighted by Crippen LogP contribution is -2.32. The summed E-state index contributed by atoms with van der Waals surface area (Å²) in [5.74, 6) is -0.122. The zero-order valence-electron chi connectivity index (χ0n) is 6.95. The molecule has 0 spiro atoms. The normalized spacial score (nSPS) is 9.33. The number of carbonyl (C=O) groups excluding carboxylic acids is 1. The monoisotopic (exact) mass is 186 g/mol. The molecule has 0 N–H and O–H groups in total. The van der Waals surface area contributed by atoms with E-state index in [1.54, 1.807) is 17.1 Å². The van der Waals surface area contributed by atoms with E-state index in [4.69, 9.17) is 0 Å². The van der Waals surface area contributed by atoms with E-state index in [0.717, 1.165) is 0 Å². The highest BCUT2D eigenvalue weighted by molar-refractivity contribution is 7.25. The molecule has 66 valence electrons. The van der Waals surface area contributed by atoms with Gasteiger partial charge in [0.05, 0.1) is 0 Å². The second-order valence-corrected chi connectivity index (χ2v) is 2.84. The summed E-state index contributed by atoms with van der Waals surface area (Å²) in [6.45, 7) is 8.01. The Balaban J connectivity index is 4.06. The third-order valence-electron chi connectivity index (χ3n) is 1.28. The van der Waals surface area contributed by atoms with Crippen LogP contribution in [0, 0.1) is 0 Å². The summed E-state index contributed by atoms with van der Waals surface area (Å²) in [6.07, 6.45) is 3.35. The molecule has 3 nitrogen and oxygen atoms in total. The van der Waals surface area contributed by atoms with Crippen LogP contribution in [0.5, 0.6) is 0 Å². The third kappa shape index (κ3) is 4.04. The first kappa shape index (κ1) is 11.1. The van der Waals surface area contributed by atoms with Gasteiger partial charge >= 0.3 is 8.46 Å². The number of amides is 1. The van der Waals surface area contributed by atoms with Crippen LogP contribution in [-0.4, -0.2) is 30.1 Å². The smallest absolute Gasteiger partial charge is 0.332 e. The Kier molecular flexibility index (Phi) is 6.21. The number of hydrogen-bond acceptors (Lipinski definition) is 2. The Morgan fingerprint density at radius 3 is 2.17 bits per heavy atom. The molecular formula is C8H13NO2P+. The van der Waals surface area contributed by atoms with Gasteiger partial charge in [-0.05, 0) is 0 Å². The molecule has 1 amide bonds. The SMILES string of the molecule is C=CCN(CC=C)C(=O)C[PH+]=O. The van der Waals surface area contributed by atoms with Gasteiger partial charge in [0.25, 0.3) is 5.91 Å². The van der Waals surface area contributed by atoms with Crippen molar-refractivity contribution in [2.75, 3.05) is 19.3 Å². The quantitative estimate of drug-likeness (QED) is 0.462. The van der Waals surface area contributed by atoms with Crippen LogP contribution >= 0.6 is 8.46 Å². The molecule has 1 unspecified atom stereocenters. The van der Waals surface area contributed by atoms with Crippen LogP contribution < -0.4 is 0 Å². The predicted molar refractivity (Wildman–Crippen MR) is 50.8 cm³/mol. The van der Waals surface area contributed by atoms with Crippen molar-refractivity contribution in [1.29, 1.82) is 0 Å². The lowest BCUT2D eigenvalue weighted by atomic mass is 10.4. The molecule has 0 aliphatic carbocycles. The zero-order valence-corrected chi connectivity index (χ0v) is 7.95. The van der Waals surface area contributed by atoms with Gasteiger partial charge < -0.3 is 4.90 Å². The van der Waals surface area contributed by atoms with Crippen LogP contribution in [0.2, 0.25) is 0 Å². The molecule has 0 fully saturated rings. The zero-order chi connectivity index (χ0) is 9.40. The van der Waals surface area contributed by atoms with Crippen molar-refractivity contribution in [1.82, 2.24) is 4.90 Å². The van der Waals surface area contributed by atoms with Gasteiger partial charge in [0, 0.05) is 13.1 Å². The molecule has 0 aromatic heterocycles. The van der Waals surface area contributed by atoms with Gasteiger partial charge in [0.2, 0.25) is 6.16 Å². The van der Waals surface area contributed by atoms with Crippen LogP contribution in [-0.2, 0) is 9.36 Å². The molecule has 0 aliphatic heterocycles. The predicted octanol–water partition coefficient (Wildman–Crippen LogP) is 1.21. The van der Waals surface area contributed by atoms with Crippen LogP contribution in [0.25, 0.3) is 0 Å². The Labute approximate surface area is 74.0 Å². The van der Waals surface area contributed by atoms with Gasteiger partial charge in [-0.25, -0.2) is 0 Å². The van der Waals surface area contributed by atoms with Crippen LogP contribution in [0.3, 0.4) is 0 Å². The highest BCUT2D eigenvalue weighted by Gasteiger charge is 2.13. The molecule has 0 heterocycles. The van der Waals surface area contributed by atoms with Gasteiger partial charge in [-0.15, -0.1) is 13.2 Å². The maximum absolute atomic E-state index is 11.2. The van der Waals surface area contributed by atoms with Crippen molar-refractivity contribution in [2.45, 2.75) is 0 Å². The van der Waals surface area contributed by atoms with Gasteiger partial charge in [0.15, 0.2) is 0 Å². The van der Waals surface area contributed by atoms with Crippen molar-refractivity contribution in [2.24, 2.45) is 0 Å². The van der Waals surface area contributed by atoms with E-state index in [0.29, 0.717) is 13.1 Å². The molecule has 0 radical (unpaired) electrons. The topological polar surface area (TPSA) is 37.4 Å². The Morgan fingerprint density at radius 1 is 1.33 bits per heavy atom. The summed E-state index contributed by atoms with van der Waals surface area (Å²) >= 11 is 0. The summed E-state index contributed by atoms with van der Waals surface area (Å²) in [5.41, 5.74) is 0. The van der Waals surface area contributed by atoms with Crippen molar-refractivity contribution in [3.8, 4) is 0 Å². The maximum atomic E-state index is 11.2. The molecule has 0 aromatic carbocycles. The summed E-state index contributed by atoms with van der Waals surface area (Å²) in [7, 11) is -0.570. The number of rotatable bonds is 6. The fraction of sp³-hybridized carbons (Fsp3) is 0.375. The Bertz CT molecular complexity index is 181. The van der Waals surface area contributed by atoms with Gasteiger partial charge in [-0.3, -0.25) is 4.79 Å². The van der Waals surface area contributed by atoms with E-state index in [9.17, 15) is 9.36 Å². The molecule has 0 rings (SSSR count). The minimum atomic E-state index is -0.570. The fourth-order valence-electron chi connectivity index (χ4n) is 0.763. The molecule has 12 heavy (non-hydrogen) atoms. The summed E-state index contributed by atoms with van der Waals surface area (Å²) in [4.78, 5) is 12.7. The molecule has 0 aromatic rings. The van der Waals surface area contributed by atoms with Gasteiger partial charge in [0.1, 0.15) is 0 Å². The number of hydrogen-bond donors (Lipinski definition) is 0. The molecule has 1 atom stereocenters. The standard InChI is InChI=1S/C8H12NO2P/c1-3-5-9(6-4-2)8(10)7-12-11/h3-4H,1-2,5-7H2/p+1. The van der Waals surface area contributed by atoms with Crippen LogP contribution in [0.4, 0.5) is 0 Å². The van der Waals surface area contributed by atoms with E-state index >= 15 is 0 Å². The average molecular weight is 186 g/mol. The summed E-state index contributed by atoms with van der Waals surface area (Å²) < 4.78 is 10.2. The summed E-state index contributed by atoms with van der Waals surface area (Å²) in [5, 5.41) is 0. The third-order valence-corrected chi connectivity index (χ3v) is 1.72. The van der Waals surface area contributed by atoms with E-state index in [2.05, 4.69) is 13.2 Å². The van der Waals surface area contributed by atoms with E-state index in [1.807, 2.05) is 0 Å². The van der Waals surface area contributed by atoms with Crippen LogP contribution in [0.1, 0.15) is 0 Å². The lowest BCUT2D eigenvalue weighted by Gasteiger charge is -2.15. The van der Waals surface area contributed by atoms with E-state index in [1.165, 1.54) is 0 Å². The van der Waals surface area contributed by atoms with Crippen molar-refractivity contribution >= 4 is 14.4 Å². The largest absolute Gasteiger partial charge is 0.334 e. The van der Waals surface area contributed by atoms with Crippen molar-refractivity contribution < 1.29 is 9.36 Å². The van der Waals surface area contributed by atoms with E-state index < -0.39 is 8.46 Å². The molecule has 4 heteroatoms. The highest BCUT2D eigenvalue weighted by Crippen LogP contribution is 1.97. The lowest BCUT2D eigenvalue weighted by molar-refractivity contribution is -0.127. The summed E-state index contributed by atoms with van der Waals surface area (Å²) in [6, 6.07) is 0. The first-order chi connectivity index (χ1) is 5.76. The van der Waals surface area contributed by atoms with Gasteiger partial charge in [-0.2, -0.15) is 0 Å². The minimum Gasteiger partial charge on any atom is -0.332 e. The van der Waals surface area contributed by atoms with Gasteiger partial charge in [-0.1, -0.05) is 16.7 Å². The first-order valence-corrected chi connectivity index (χ1v) is 4.72. The molecule has 0 saturated carbocycles. The minimum absolute atomic E-state index is 0.0850. The van der Waals surface area contributed by atoms with Crippen molar-refractivity contribution in [3.63, 3.8) is 0 Å². The average Bonchev–Trinajstić information content (AvgIpc) is 2.04. The number of nitrogens with zero attached hydrogens (tertiary/aromatic N) is 1. The molecular weight excluding hydrogens is 173 g/mol. The highest BCUT2D eigenvalue weighted by atomic mass is 31.1. The van der Waals surface area contributed by atoms with Crippen molar-refractivity contribution in [3.05, 3.63) is 25.3 Å². The molecule has 0 aliphatic rings. The van der Waals surface area contributed by atoms with E-state index in [-0.39, 0.29) is 12.1 Å². The fourth-order valence-corrected chi connectivity index (χ4v) is 1.11. The molecule has 0 saturated heterocycles. The second-order valence-electron chi connectivity index (χ2n) is 2.20. The number of carbonyl (C=O) groups is 1. The Morgan fingerprint density at radius 2 is 1.83 bits per heavy atom. The first-order valence-electron chi connectivity index (χ1n) is 3.60. The van der Waals surface area contributed by atoms with Crippen LogP contribution in [0.15, 0.2) is 25.3 Å². The maximum Gasteiger partial charge on any atom is 0.334 e. The second kappa shape index (κ2) is 6.74. The molecule has 0 bridgehead atoms.